The summed E-state index contributed by atoms with van der Waals surface area (Å²) in [4.78, 5) is 0. The Hall–Kier alpha value is -1.12. The molecule has 104 valence electrons. The van der Waals surface area contributed by atoms with Crippen LogP contribution in [0.4, 0.5) is 0 Å². The molecule has 0 amide bonds. The molecule has 0 radical (unpaired) electrons. The lowest BCUT2D eigenvalue weighted by Crippen LogP contribution is -2.44. The van der Waals surface area contributed by atoms with Crippen molar-refractivity contribution in [2.75, 3.05) is 13.1 Å². The molecule has 2 rings (SSSR count). The monoisotopic (exact) mass is 259 g/mol. The molecular formula is C17H25NO. The quantitative estimate of drug-likeness (QED) is 0.851. The van der Waals surface area contributed by atoms with Crippen molar-refractivity contribution >= 4 is 5.57 Å². The van der Waals surface area contributed by atoms with Gasteiger partial charge in [0.25, 0.3) is 0 Å². The van der Waals surface area contributed by atoms with Crippen LogP contribution in [0.5, 0.6) is 0 Å². The smallest absolute Gasteiger partial charge is 0.0774 e. The summed E-state index contributed by atoms with van der Waals surface area (Å²) in [6.45, 7) is 7.74. The van der Waals surface area contributed by atoms with Crippen molar-refractivity contribution in [1.82, 2.24) is 5.32 Å². The fourth-order valence-corrected chi connectivity index (χ4v) is 3.01. The van der Waals surface area contributed by atoms with E-state index in [0.717, 1.165) is 31.4 Å². The number of hydrogen-bond donors (Lipinski definition) is 2. The van der Waals surface area contributed by atoms with Crippen LogP contribution in [0.25, 0.3) is 5.57 Å². The summed E-state index contributed by atoms with van der Waals surface area (Å²) in [5.41, 5.74) is 1.72. The third-order valence-corrected chi connectivity index (χ3v) is 4.04. The van der Waals surface area contributed by atoms with Crippen molar-refractivity contribution < 1.29 is 5.11 Å². The van der Waals surface area contributed by atoms with E-state index in [1.165, 1.54) is 12.0 Å². The molecule has 2 N–H and O–H groups in total. The minimum absolute atomic E-state index is 0.519. The van der Waals surface area contributed by atoms with Crippen LogP contribution in [-0.4, -0.2) is 23.8 Å². The zero-order valence-electron chi connectivity index (χ0n) is 11.9. The van der Waals surface area contributed by atoms with Gasteiger partial charge in [0.2, 0.25) is 0 Å². The topological polar surface area (TPSA) is 32.3 Å². The van der Waals surface area contributed by atoms with Crippen LogP contribution in [0.15, 0.2) is 36.9 Å². The number of nitrogens with one attached hydrogen (secondary N) is 1. The summed E-state index contributed by atoms with van der Waals surface area (Å²) >= 11 is 0. The minimum Gasteiger partial charge on any atom is -0.389 e. The van der Waals surface area contributed by atoms with E-state index in [2.05, 4.69) is 31.0 Å². The summed E-state index contributed by atoms with van der Waals surface area (Å²) in [6.07, 6.45) is 4.22. The van der Waals surface area contributed by atoms with Crippen molar-refractivity contribution in [3.8, 4) is 0 Å². The molecule has 1 aliphatic rings. The number of rotatable bonds is 5. The van der Waals surface area contributed by atoms with Crippen molar-refractivity contribution in [1.29, 1.82) is 0 Å². The van der Waals surface area contributed by atoms with E-state index in [4.69, 9.17) is 0 Å². The third kappa shape index (κ3) is 4.19. The van der Waals surface area contributed by atoms with Gasteiger partial charge < -0.3 is 10.4 Å². The highest BCUT2D eigenvalue weighted by molar-refractivity contribution is 5.64. The first-order chi connectivity index (χ1) is 9.09. The number of benzene rings is 1. The Morgan fingerprint density at radius 3 is 2.84 bits per heavy atom. The van der Waals surface area contributed by atoms with E-state index < -0.39 is 5.60 Å². The molecule has 1 aromatic carbocycles. The van der Waals surface area contributed by atoms with Gasteiger partial charge in [0, 0.05) is 13.1 Å². The van der Waals surface area contributed by atoms with Crippen molar-refractivity contribution in [3.05, 3.63) is 42.5 Å². The van der Waals surface area contributed by atoms with E-state index >= 15 is 0 Å². The summed E-state index contributed by atoms with van der Waals surface area (Å²) in [7, 11) is 0. The zero-order chi connectivity index (χ0) is 13.7. The van der Waals surface area contributed by atoms with Gasteiger partial charge in [0.05, 0.1) is 5.60 Å². The lowest BCUT2D eigenvalue weighted by Gasteiger charge is -2.35. The normalized spacial score (nSPS) is 27.2. The van der Waals surface area contributed by atoms with Gasteiger partial charge in [0.1, 0.15) is 0 Å². The van der Waals surface area contributed by atoms with Gasteiger partial charge in [-0.15, -0.1) is 0 Å². The maximum atomic E-state index is 10.5. The minimum atomic E-state index is -0.519. The second-order valence-corrected chi connectivity index (χ2v) is 6.00. The van der Waals surface area contributed by atoms with Crippen molar-refractivity contribution in [2.24, 2.45) is 5.92 Å². The molecule has 0 aliphatic heterocycles. The molecule has 1 fully saturated rings. The first-order valence-electron chi connectivity index (χ1n) is 7.25. The fraction of sp³-hybridized carbons (Fsp3) is 0.529. The van der Waals surface area contributed by atoms with Crippen LogP contribution in [-0.2, 0) is 0 Å². The van der Waals surface area contributed by atoms with Crippen molar-refractivity contribution in [3.63, 3.8) is 0 Å². The predicted molar refractivity (Wildman–Crippen MR) is 80.9 cm³/mol. The Morgan fingerprint density at radius 1 is 1.42 bits per heavy atom. The van der Waals surface area contributed by atoms with Gasteiger partial charge in [0.15, 0.2) is 0 Å². The van der Waals surface area contributed by atoms with Crippen LogP contribution in [0.2, 0.25) is 0 Å². The first kappa shape index (κ1) is 14.3. The fourth-order valence-electron chi connectivity index (χ4n) is 3.01. The van der Waals surface area contributed by atoms with Gasteiger partial charge in [-0.3, -0.25) is 0 Å². The Bertz CT molecular complexity index is 415. The van der Waals surface area contributed by atoms with Gasteiger partial charge >= 0.3 is 0 Å². The molecular weight excluding hydrogens is 234 g/mol. The van der Waals surface area contributed by atoms with Crippen LogP contribution in [0.3, 0.4) is 0 Å². The molecule has 2 heteroatoms. The molecule has 2 atom stereocenters. The van der Waals surface area contributed by atoms with Crippen LogP contribution < -0.4 is 5.32 Å². The highest BCUT2D eigenvalue weighted by Gasteiger charge is 2.31. The average molecular weight is 259 g/mol. The summed E-state index contributed by atoms with van der Waals surface area (Å²) in [6, 6.07) is 10.2. The van der Waals surface area contributed by atoms with Crippen molar-refractivity contribution in [2.45, 2.75) is 38.2 Å². The standard InChI is InChI=1S/C17H25NO/c1-14-7-6-10-17(19,11-14)13-18-12-15(2)16-8-4-3-5-9-16/h3-5,8-9,14,18-19H,2,6-7,10-13H2,1H3. The molecule has 0 saturated heterocycles. The zero-order valence-corrected chi connectivity index (χ0v) is 11.9. The summed E-state index contributed by atoms with van der Waals surface area (Å²) in [5, 5.41) is 13.9. The van der Waals surface area contributed by atoms with E-state index in [0.29, 0.717) is 12.5 Å². The Morgan fingerprint density at radius 2 is 2.16 bits per heavy atom. The van der Waals surface area contributed by atoms with Gasteiger partial charge in [-0.1, -0.05) is 56.7 Å². The maximum absolute atomic E-state index is 10.5. The highest BCUT2D eigenvalue weighted by Crippen LogP contribution is 2.31. The summed E-state index contributed by atoms with van der Waals surface area (Å²) < 4.78 is 0. The lowest BCUT2D eigenvalue weighted by atomic mass is 9.79. The first-order valence-corrected chi connectivity index (χ1v) is 7.25. The van der Waals surface area contributed by atoms with Crippen LogP contribution in [0, 0.1) is 5.92 Å². The predicted octanol–water partition coefficient (Wildman–Crippen LogP) is 3.23. The SMILES string of the molecule is C=C(CNCC1(O)CCCC(C)C1)c1ccccc1. The van der Waals surface area contributed by atoms with Gasteiger partial charge in [-0.05, 0) is 29.9 Å². The third-order valence-electron chi connectivity index (χ3n) is 4.04. The molecule has 0 heterocycles. The summed E-state index contributed by atoms with van der Waals surface area (Å²) in [5.74, 6) is 0.637. The van der Waals surface area contributed by atoms with Gasteiger partial charge in [-0.2, -0.15) is 0 Å². The van der Waals surface area contributed by atoms with Gasteiger partial charge in [-0.25, -0.2) is 0 Å². The Balaban J connectivity index is 1.79. The Kier molecular flexibility index (Phi) is 4.78. The molecule has 2 unspecified atom stereocenters. The molecule has 0 spiro atoms. The van der Waals surface area contributed by atoms with E-state index in [9.17, 15) is 5.11 Å². The largest absolute Gasteiger partial charge is 0.389 e. The molecule has 0 aromatic heterocycles. The maximum Gasteiger partial charge on any atom is 0.0774 e. The highest BCUT2D eigenvalue weighted by atomic mass is 16.3. The molecule has 19 heavy (non-hydrogen) atoms. The molecule has 1 saturated carbocycles. The second-order valence-electron chi connectivity index (χ2n) is 6.00. The molecule has 2 nitrogen and oxygen atoms in total. The lowest BCUT2D eigenvalue weighted by molar-refractivity contribution is -0.0108. The molecule has 1 aliphatic carbocycles. The van der Waals surface area contributed by atoms with Crippen LogP contribution in [0.1, 0.15) is 38.2 Å². The van der Waals surface area contributed by atoms with E-state index in [1.807, 2.05) is 18.2 Å². The van der Waals surface area contributed by atoms with E-state index in [1.54, 1.807) is 0 Å². The molecule has 0 bridgehead atoms. The average Bonchev–Trinajstić information content (AvgIpc) is 2.39. The number of hydrogen-bond acceptors (Lipinski definition) is 2. The Labute approximate surface area is 116 Å². The van der Waals surface area contributed by atoms with Crippen LogP contribution >= 0.6 is 0 Å². The number of aliphatic hydroxyl groups is 1. The van der Waals surface area contributed by atoms with E-state index in [-0.39, 0.29) is 0 Å². The molecule has 1 aromatic rings. The second kappa shape index (κ2) is 6.36.